The minimum Gasteiger partial charge on any atom is -0.511 e. The maximum Gasteiger partial charge on any atom is 0.126 e. The number of ether oxygens (including phenoxy) is 1. The average Bonchev–Trinajstić information content (AvgIpc) is 2.75. The van der Waals surface area contributed by atoms with E-state index in [1.807, 2.05) is 0 Å². The molecule has 1 aliphatic rings. The highest BCUT2D eigenvalue weighted by atomic mass is 19.1. The molecule has 0 aromatic heterocycles. The highest BCUT2D eigenvalue weighted by Crippen LogP contribution is 2.20. The summed E-state index contributed by atoms with van der Waals surface area (Å²) < 4.78 is 18.4. The van der Waals surface area contributed by atoms with Crippen LogP contribution in [0.15, 0.2) is 36.6 Å². The third-order valence-electron chi connectivity index (χ3n) is 2.91. The molecule has 1 aliphatic heterocycles. The molecule has 1 fully saturated rings. The molecule has 0 unspecified atom stereocenters. The predicted molar refractivity (Wildman–Crippen MR) is 63.6 cm³/mol. The molecule has 1 aromatic carbocycles. The van der Waals surface area contributed by atoms with Crippen LogP contribution in [0.1, 0.15) is 6.42 Å². The molecule has 0 radical (unpaired) electrons. The molecule has 0 spiro atoms. The van der Waals surface area contributed by atoms with Crippen molar-refractivity contribution in [1.29, 1.82) is 0 Å². The zero-order valence-corrected chi connectivity index (χ0v) is 9.53. The largest absolute Gasteiger partial charge is 0.511 e. The SMILES string of the molecule is C=C(O)[C@@H]1C[C@H](COc2cccc(F)c2)CN1. The minimum atomic E-state index is -0.298. The van der Waals surface area contributed by atoms with Crippen molar-refractivity contribution in [3.05, 3.63) is 42.4 Å². The van der Waals surface area contributed by atoms with Crippen LogP contribution >= 0.6 is 0 Å². The van der Waals surface area contributed by atoms with E-state index in [1.54, 1.807) is 12.1 Å². The van der Waals surface area contributed by atoms with Crippen molar-refractivity contribution in [3.63, 3.8) is 0 Å². The number of halogens is 1. The molecule has 0 aliphatic carbocycles. The van der Waals surface area contributed by atoms with Crippen molar-refractivity contribution in [2.24, 2.45) is 5.92 Å². The molecule has 17 heavy (non-hydrogen) atoms. The molecule has 2 rings (SSSR count). The van der Waals surface area contributed by atoms with Crippen LogP contribution in [0.2, 0.25) is 0 Å². The molecule has 0 saturated carbocycles. The normalized spacial score (nSPS) is 23.6. The van der Waals surface area contributed by atoms with E-state index in [1.165, 1.54) is 12.1 Å². The molecule has 2 N–H and O–H groups in total. The van der Waals surface area contributed by atoms with Crippen LogP contribution in [-0.4, -0.2) is 24.3 Å². The summed E-state index contributed by atoms with van der Waals surface area (Å²) in [5, 5.41) is 12.4. The maximum atomic E-state index is 12.9. The molecule has 0 amide bonds. The topological polar surface area (TPSA) is 41.5 Å². The summed E-state index contributed by atoms with van der Waals surface area (Å²) in [4.78, 5) is 0. The molecule has 1 saturated heterocycles. The highest BCUT2D eigenvalue weighted by molar-refractivity contribution is 5.22. The van der Waals surface area contributed by atoms with Gasteiger partial charge in [0.1, 0.15) is 17.3 Å². The van der Waals surface area contributed by atoms with Crippen molar-refractivity contribution in [1.82, 2.24) is 5.32 Å². The summed E-state index contributed by atoms with van der Waals surface area (Å²) in [5.74, 6) is 0.718. The zero-order chi connectivity index (χ0) is 12.3. The Balaban J connectivity index is 1.82. The molecular weight excluding hydrogens is 221 g/mol. The van der Waals surface area contributed by atoms with Gasteiger partial charge in [-0.25, -0.2) is 4.39 Å². The summed E-state index contributed by atoms with van der Waals surface area (Å²) in [7, 11) is 0. The van der Waals surface area contributed by atoms with E-state index in [9.17, 15) is 9.50 Å². The number of aliphatic hydroxyl groups is 1. The van der Waals surface area contributed by atoms with Crippen molar-refractivity contribution < 1.29 is 14.2 Å². The van der Waals surface area contributed by atoms with E-state index in [2.05, 4.69) is 11.9 Å². The first-order chi connectivity index (χ1) is 8.15. The Morgan fingerprint density at radius 3 is 3.06 bits per heavy atom. The van der Waals surface area contributed by atoms with Gasteiger partial charge in [0.15, 0.2) is 0 Å². The minimum absolute atomic E-state index is 0.0453. The second kappa shape index (κ2) is 5.19. The van der Waals surface area contributed by atoms with E-state index in [0.29, 0.717) is 18.3 Å². The van der Waals surface area contributed by atoms with Gasteiger partial charge in [0.2, 0.25) is 0 Å². The van der Waals surface area contributed by atoms with Gasteiger partial charge in [-0.15, -0.1) is 0 Å². The number of nitrogens with one attached hydrogen (secondary N) is 1. The van der Waals surface area contributed by atoms with E-state index >= 15 is 0 Å². The Labute approximate surface area is 99.9 Å². The lowest BCUT2D eigenvalue weighted by molar-refractivity contribution is 0.255. The quantitative estimate of drug-likeness (QED) is 0.789. The van der Waals surface area contributed by atoms with Crippen molar-refractivity contribution in [3.8, 4) is 5.75 Å². The molecule has 1 heterocycles. The van der Waals surface area contributed by atoms with Crippen LogP contribution in [0.25, 0.3) is 0 Å². The van der Waals surface area contributed by atoms with Gasteiger partial charge in [-0.2, -0.15) is 0 Å². The van der Waals surface area contributed by atoms with Crippen LogP contribution in [0.5, 0.6) is 5.75 Å². The third kappa shape index (κ3) is 3.20. The van der Waals surface area contributed by atoms with Crippen LogP contribution in [0.4, 0.5) is 4.39 Å². The smallest absolute Gasteiger partial charge is 0.126 e. The van der Waals surface area contributed by atoms with Crippen molar-refractivity contribution in [2.75, 3.05) is 13.2 Å². The van der Waals surface area contributed by atoms with E-state index in [4.69, 9.17) is 4.74 Å². The molecule has 0 bridgehead atoms. The predicted octanol–water partition coefficient (Wildman–Crippen LogP) is 2.25. The summed E-state index contributed by atoms with van der Waals surface area (Å²) in [5.41, 5.74) is 0. The monoisotopic (exact) mass is 237 g/mol. The van der Waals surface area contributed by atoms with Crippen LogP contribution in [-0.2, 0) is 0 Å². The van der Waals surface area contributed by atoms with Crippen molar-refractivity contribution in [2.45, 2.75) is 12.5 Å². The summed E-state index contributed by atoms with van der Waals surface area (Å²) in [6.45, 7) is 4.80. The van der Waals surface area contributed by atoms with Gasteiger partial charge in [-0.3, -0.25) is 0 Å². The molecule has 4 heteroatoms. The van der Waals surface area contributed by atoms with Crippen LogP contribution in [0.3, 0.4) is 0 Å². The number of benzene rings is 1. The van der Waals surface area contributed by atoms with Crippen molar-refractivity contribution >= 4 is 0 Å². The first-order valence-electron chi connectivity index (χ1n) is 5.64. The second-order valence-corrected chi connectivity index (χ2v) is 4.32. The Hall–Kier alpha value is -1.55. The fourth-order valence-corrected chi connectivity index (χ4v) is 1.96. The van der Waals surface area contributed by atoms with Gasteiger partial charge in [0.25, 0.3) is 0 Å². The molecule has 2 atom stereocenters. The average molecular weight is 237 g/mol. The molecule has 3 nitrogen and oxygen atoms in total. The van der Waals surface area contributed by atoms with E-state index in [-0.39, 0.29) is 17.6 Å². The Morgan fingerprint density at radius 2 is 2.41 bits per heavy atom. The van der Waals surface area contributed by atoms with Gasteiger partial charge in [0, 0.05) is 18.5 Å². The highest BCUT2D eigenvalue weighted by Gasteiger charge is 2.26. The molecular formula is C13H16FNO2. The summed E-state index contributed by atoms with van der Waals surface area (Å²) in [6, 6.07) is 6.06. The van der Waals surface area contributed by atoms with E-state index < -0.39 is 0 Å². The van der Waals surface area contributed by atoms with Crippen LogP contribution < -0.4 is 10.1 Å². The second-order valence-electron chi connectivity index (χ2n) is 4.32. The number of aliphatic hydroxyl groups excluding tert-OH is 1. The third-order valence-corrected chi connectivity index (χ3v) is 2.91. The van der Waals surface area contributed by atoms with Gasteiger partial charge in [-0.05, 0) is 18.6 Å². The zero-order valence-electron chi connectivity index (χ0n) is 9.53. The number of hydrogen-bond acceptors (Lipinski definition) is 3. The fraction of sp³-hybridized carbons (Fsp3) is 0.385. The lowest BCUT2D eigenvalue weighted by Crippen LogP contribution is -2.22. The lowest BCUT2D eigenvalue weighted by atomic mass is 10.1. The number of hydrogen-bond donors (Lipinski definition) is 2. The lowest BCUT2D eigenvalue weighted by Gasteiger charge is -2.11. The van der Waals surface area contributed by atoms with E-state index in [0.717, 1.165) is 13.0 Å². The standard InChI is InChI=1S/C13H16FNO2/c1-9(16)13-5-10(7-15-13)8-17-12-4-2-3-11(14)6-12/h2-4,6,10,13,15-16H,1,5,7-8H2/t10-,13-/m0/s1. The number of rotatable bonds is 4. The summed E-state index contributed by atoms with van der Waals surface area (Å²) >= 11 is 0. The van der Waals surface area contributed by atoms with Gasteiger partial charge in [0.05, 0.1) is 12.6 Å². The molecule has 1 aromatic rings. The maximum absolute atomic E-state index is 12.9. The first kappa shape index (κ1) is 11.9. The van der Waals surface area contributed by atoms with Gasteiger partial charge in [-0.1, -0.05) is 12.6 Å². The fourth-order valence-electron chi connectivity index (χ4n) is 1.96. The first-order valence-corrected chi connectivity index (χ1v) is 5.64. The van der Waals surface area contributed by atoms with Crippen LogP contribution in [0, 0.1) is 11.7 Å². The van der Waals surface area contributed by atoms with Gasteiger partial charge >= 0.3 is 0 Å². The summed E-state index contributed by atoms with van der Waals surface area (Å²) in [6.07, 6.45) is 0.796. The Kier molecular flexibility index (Phi) is 3.64. The van der Waals surface area contributed by atoms with Gasteiger partial charge < -0.3 is 15.2 Å². The molecule has 92 valence electrons. The Bertz CT molecular complexity index is 408. The Morgan fingerprint density at radius 1 is 1.59 bits per heavy atom.